The van der Waals surface area contributed by atoms with Crippen molar-refractivity contribution in [3.8, 4) is 0 Å². The molecule has 1 aromatic heterocycles. The molecule has 0 saturated carbocycles. The van der Waals surface area contributed by atoms with E-state index in [1.807, 2.05) is 32.8 Å². The van der Waals surface area contributed by atoms with Crippen molar-refractivity contribution >= 4 is 11.9 Å². The van der Waals surface area contributed by atoms with E-state index in [1.54, 1.807) is 11.8 Å². The Labute approximate surface area is 125 Å². The molecule has 1 N–H and O–H groups in total. The summed E-state index contributed by atoms with van der Waals surface area (Å²) in [6.45, 7) is 6.84. The Morgan fingerprint density at radius 1 is 1.33 bits per heavy atom. The van der Waals surface area contributed by atoms with E-state index in [9.17, 15) is 9.59 Å². The lowest BCUT2D eigenvalue weighted by molar-refractivity contribution is 0.0664. The molecule has 0 fully saturated rings. The number of aromatic nitrogens is 1. The van der Waals surface area contributed by atoms with Crippen LogP contribution in [0.1, 0.15) is 40.4 Å². The maximum atomic E-state index is 12.5. The highest BCUT2D eigenvalue weighted by atomic mass is 16.4. The predicted octanol–water partition coefficient (Wildman–Crippen LogP) is 1.50. The van der Waals surface area contributed by atoms with Crippen molar-refractivity contribution in [2.75, 3.05) is 27.2 Å². The van der Waals surface area contributed by atoms with Crippen LogP contribution in [0.5, 0.6) is 0 Å². The van der Waals surface area contributed by atoms with E-state index in [4.69, 9.17) is 5.11 Å². The average Bonchev–Trinajstić information content (AvgIpc) is 2.37. The van der Waals surface area contributed by atoms with Crippen molar-refractivity contribution < 1.29 is 14.7 Å². The van der Waals surface area contributed by atoms with E-state index < -0.39 is 5.97 Å². The van der Waals surface area contributed by atoms with Gasteiger partial charge in [0.05, 0.1) is 11.3 Å². The van der Waals surface area contributed by atoms with Crippen LogP contribution in [-0.2, 0) is 0 Å². The quantitative estimate of drug-likeness (QED) is 0.860. The van der Waals surface area contributed by atoms with Gasteiger partial charge in [-0.25, -0.2) is 9.78 Å². The zero-order valence-electron chi connectivity index (χ0n) is 13.3. The normalized spacial score (nSPS) is 12.3. The maximum absolute atomic E-state index is 12.5. The molecule has 6 heteroatoms. The minimum absolute atomic E-state index is 0.0544. The highest BCUT2D eigenvalue weighted by Crippen LogP contribution is 2.11. The number of aryl methyl sites for hydroxylation is 1. The zero-order chi connectivity index (χ0) is 16.2. The fourth-order valence-electron chi connectivity index (χ4n) is 2.34. The molecule has 1 aromatic rings. The first-order valence-corrected chi connectivity index (χ1v) is 6.94. The van der Waals surface area contributed by atoms with Crippen molar-refractivity contribution in [3.63, 3.8) is 0 Å². The van der Waals surface area contributed by atoms with Crippen LogP contribution in [0, 0.1) is 6.92 Å². The third-order valence-electron chi connectivity index (χ3n) is 3.30. The van der Waals surface area contributed by atoms with Crippen LogP contribution in [0.15, 0.2) is 12.1 Å². The number of hydrogen-bond donors (Lipinski definition) is 1. The summed E-state index contributed by atoms with van der Waals surface area (Å²) in [5, 5.41) is 9.00. The molecule has 1 amide bonds. The summed E-state index contributed by atoms with van der Waals surface area (Å²) in [5.41, 5.74) is 0.755. The van der Waals surface area contributed by atoms with Crippen LogP contribution in [0.2, 0.25) is 0 Å². The number of amides is 1. The van der Waals surface area contributed by atoms with E-state index in [0.29, 0.717) is 12.2 Å². The Hall–Kier alpha value is -1.95. The van der Waals surface area contributed by atoms with Crippen molar-refractivity contribution in [2.45, 2.75) is 26.8 Å². The summed E-state index contributed by atoms with van der Waals surface area (Å²) in [6.07, 6.45) is 0. The number of carboxylic acids is 1. The minimum atomic E-state index is -1.03. The second-order valence-electron chi connectivity index (χ2n) is 5.34. The molecule has 1 unspecified atom stereocenters. The van der Waals surface area contributed by atoms with Crippen molar-refractivity contribution in [1.82, 2.24) is 14.8 Å². The summed E-state index contributed by atoms with van der Waals surface area (Å²) in [7, 11) is 3.91. The van der Waals surface area contributed by atoms with Gasteiger partial charge in [0, 0.05) is 19.1 Å². The average molecular weight is 293 g/mol. The summed E-state index contributed by atoms with van der Waals surface area (Å²) in [5.74, 6) is -1.21. The first kappa shape index (κ1) is 17.1. The first-order valence-electron chi connectivity index (χ1n) is 6.94. The first-order chi connectivity index (χ1) is 9.77. The van der Waals surface area contributed by atoms with Gasteiger partial charge in [-0.05, 0) is 47.0 Å². The number of carbonyl (C=O) groups is 2. The second-order valence-corrected chi connectivity index (χ2v) is 5.34. The standard InChI is InChI=1S/C15H23N3O3/c1-6-18(10(2)9-17(4)5)14(19)13-8-7-12(15(20)21)11(3)16-13/h7-8,10H,6,9H2,1-5H3,(H,20,21). The molecule has 21 heavy (non-hydrogen) atoms. The Bertz CT molecular complexity index is 529. The van der Waals surface area contributed by atoms with Gasteiger partial charge in [-0.2, -0.15) is 0 Å². The molecule has 0 radical (unpaired) electrons. The number of rotatable bonds is 6. The van der Waals surface area contributed by atoms with E-state index in [2.05, 4.69) is 4.98 Å². The van der Waals surface area contributed by atoms with E-state index in [-0.39, 0.29) is 23.2 Å². The fourth-order valence-corrected chi connectivity index (χ4v) is 2.34. The smallest absolute Gasteiger partial charge is 0.337 e. The molecule has 0 spiro atoms. The Morgan fingerprint density at radius 3 is 2.38 bits per heavy atom. The van der Waals surface area contributed by atoms with Gasteiger partial charge in [-0.3, -0.25) is 4.79 Å². The molecule has 1 heterocycles. The molecule has 1 atom stereocenters. The van der Waals surface area contributed by atoms with Crippen LogP contribution >= 0.6 is 0 Å². The molecule has 116 valence electrons. The number of hydrogen-bond acceptors (Lipinski definition) is 4. The maximum Gasteiger partial charge on any atom is 0.337 e. The van der Waals surface area contributed by atoms with Crippen molar-refractivity contribution in [1.29, 1.82) is 0 Å². The van der Waals surface area contributed by atoms with Gasteiger partial charge in [-0.15, -0.1) is 0 Å². The van der Waals surface area contributed by atoms with Gasteiger partial charge in [0.2, 0.25) is 0 Å². The van der Waals surface area contributed by atoms with Crippen molar-refractivity contribution in [3.05, 3.63) is 29.1 Å². The Balaban J connectivity index is 3.00. The monoisotopic (exact) mass is 293 g/mol. The Kier molecular flexibility index (Phi) is 5.84. The van der Waals surface area contributed by atoms with Gasteiger partial charge in [0.25, 0.3) is 5.91 Å². The molecule has 6 nitrogen and oxygen atoms in total. The molecule has 1 rings (SSSR count). The second kappa shape index (κ2) is 7.17. The lowest BCUT2D eigenvalue weighted by atomic mass is 10.1. The van der Waals surface area contributed by atoms with Gasteiger partial charge in [0.1, 0.15) is 5.69 Å². The number of carbonyl (C=O) groups excluding carboxylic acids is 1. The molecule has 0 bridgehead atoms. The third-order valence-corrected chi connectivity index (χ3v) is 3.30. The molecule has 0 aliphatic heterocycles. The highest BCUT2D eigenvalue weighted by molar-refractivity contribution is 5.94. The SMILES string of the molecule is CCN(C(=O)c1ccc(C(=O)O)c(C)n1)C(C)CN(C)C. The number of aromatic carboxylic acids is 1. The fraction of sp³-hybridized carbons (Fsp3) is 0.533. The van der Waals surface area contributed by atoms with Gasteiger partial charge < -0.3 is 14.9 Å². The number of pyridine rings is 1. The van der Waals surface area contributed by atoms with Crippen LogP contribution < -0.4 is 0 Å². The topological polar surface area (TPSA) is 73.7 Å². The van der Waals surface area contributed by atoms with Crippen LogP contribution in [0.3, 0.4) is 0 Å². The van der Waals surface area contributed by atoms with Crippen LogP contribution in [0.4, 0.5) is 0 Å². The zero-order valence-corrected chi connectivity index (χ0v) is 13.3. The van der Waals surface area contributed by atoms with Gasteiger partial charge in [-0.1, -0.05) is 0 Å². The number of nitrogens with zero attached hydrogens (tertiary/aromatic N) is 3. The summed E-state index contributed by atoms with van der Waals surface area (Å²) in [6, 6.07) is 2.96. The van der Waals surface area contributed by atoms with Gasteiger partial charge in [0.15, 0.2) is 0 Å². The molecule has 0 aliphatic rings. The molecule has 0 aromatic carbocycles. The molecule has 0 saturated heterocycles. The third kappa shape index (κ3) is 4.26. The van der Waals surface area contributed by atoms with Crippen molar-refractivity contribution in [2.24, 2.45) is 0 Å². The van der Waals surface area contributed by atoms with Gasteiger partial charge >= 0.3 is 5.97 Å². The molecular formula is C15H23N3O3. The van der Waals surface area contributed by atoms with E-state index >= 15 is 0 Å². The lowest BCUT2D eigenvalue weighted by Gasteiger charge is -2.30. The summed E-state index contributed by atoms with van der Waals surface area (Å²) >= 11 is 0. The minimum Gasteiger partial charge on any atom is -0.478 e. The number of likely N-dealkylation sites (N-methyl/N-ethyl adjacent to an activating group) is 2. The predicted molar refractivity (Wildman–Crippen MR) is 80.7 cm³/mol. The summed E-state index contributed by atoms with van der Waals surface area (Å²) in [4.78, 5) is 31.4. The van der Waals surface area contributed by atoms with Crippen LogP contribution in [0.25, 0.3) is 0 Å². The molecule has 0 aliphatic carbocycles. The summed E-state index contributed by atoms with van der Waals surface area (Å²) < 4.78 is 0. The van der Waals surface area contributed by atoms with E-state index in [0.717, 1.165) is 6.54 Å². The lowest BCUT2D eigenvalue weighted by Crippen LogP contribution is -2.44. The molecular weight excluding hydrogens is 270 g/mol. The largest absolute Gasteiger partial charge is 0.478 e. The highest BCUT2D eigenvalue weighted by Gasteiger charge is 2.22. The Morgan fingerprint density at radius 2 is 1.95 bits per heavy atom. The van der Waals surface area contributed by atoms with Crippen LogP contribution in [-0.4, -0.2) is 65.0 Å². The van der Waals surface area contributed by atoms with E-state index in [1.165, 1.54) is 12.1 Å². The number of carboxylic acid groups (broad SMARTS) is 1.